The fourth-order valence-electron chi connectivity index (χ4n) is 2.37. The molecule has 2 N–H and O–H groups in total. The zero-order valence-corrected chi connectivity index (χ0v) is 11.7. The number of rotatable bonds is 3. The number of anilines is 1. The van der Waals surface area contributed by atoms with Gasteiger partial charge in [0.15, 0.2) is 5.65 Å². The molecule has 0 saturated carbocycles. The molecule has 0 spiro atoms. The van der Waals surface area contributed by atoms with Crippen LogP contribution >= 0.6 is 0 Å². The summed E-state index contributed by atoms with van der Waals surface area (Å²) in [4.78, 5) is 4.38. The van der Waals surface area contributed by atoms with Gasteiger partial charge in [-0.2, -0.15) is 10.4 Å². The standard InChI is InChI=1S/C16H15N5/c1-2-6-14-13-9-11(10-17)15(18)19-16(13)21(20-14)12-7-4-3-5-8-12/h3-5,7-9H,2,6H2,1H3,(H2,18,19). The van der Waals surface area contributed by atoms with Gasteiger partial charge < -0.3 is 5.73 Å². The maximum absolute atomic E-state index is 9.13. The predicted octanol–water partition coefficient (Wildman–Crippen LogP) is 2.83. The van der Waals surface area contributed by atoms with Crippen molar-refractivity contribution >= 4 is 16.9 Å². The molecule has 0 saturated heterocycles. The molecule has 3 rings (SSSR count). The van der Waals surface area contributed by atoms with Gasteiger partial charge in [-0.25, -0.2) is 9.67 Å². The van der Waals surface area contributed by atoms with Gasteiger partial charge in [0.25, 0.3) is 0 Å². The van der Waals surface area contributed by atoms with Crippen molar-refractivity contribution in [3.63, 3.8) is 0 Å². The highest BCUT2D eigenvalue weighted by Crippen LogP contribution is 2.25. The summed E-state index contributed by atoms with van der Waals surface area (Å²) >= 11 is 0. The average molecular weight is 277 g/mol. The quantitative estimate of drug-likeness (QED) is 0.798. The van der Waals surface area contributed by atoms with Crippen LogP contribution in [0.15, 0.2) is 36.4 Å². The summed E-state index contributed by atoms with van der Waals surface area (Å²) in [5.41, 5.74) is 8.82. The maximum atomic E-state index is 9.13. The van der Waals surface area contributed by atoms with E-state index in [0.29, 0.717) is 11.2 Å². The van der Waals surface area contributed by atoms with Gasteiger partial charge in [-0.1, -0.05) is 31.5 Å². The molecule has 0 aliphatic rings. The van der Waals surface area contributed by atoms with Crippen LogP contribution in [0.25, 0.3) is 16.7 Å². The largest absolute Gasteiger partial charge is 0.383 e. The summed E-state index contributed by atoms with van der Waals surface area (Å²) in [7, 11) is 0. The van der Waals surface area contributed by atoms with Gasteiger partial charge >= 0.3 is 0 Å². The van der Waals surface area contributed by atoms with Crippen LogP contribution in [0.1, 0.15) is 24.6 Å². The lowest BCUT2D eigenvalue weighted by Gasteiger charge is -2.03. The Hall–Kier alpha value is -2.87. The number of nitrogens with two attached hydrogens (primary N) is 1. The van der Waals surface area contributed by atoms with Crippen molar-refractivity contribution in [2.45, 2.75) is 19.8 Å². The van der Waals surface area contributed by atoms with Crippen LogP contribution in [0.3, 0.4) is 0 Å². The number of aryl methyl sites for hydroxylation is 1. The van der Waals surface area contributed by atoms with E-state index in [2.05, 4.69) is 23.1 Å². The lowest BCUT2D eigenvalue weighted by atomic mass is 10.1. The molecule has 5 nitrogen and oxygen atoms in total. The molecule has 0 bridgehead atoms. The smallest absolute Gasteiger partial charge is 0.165 e. The second-order valence-electron chi connectivity index (χ2n) is 4.85. The minimum atomic E-state index is 0.241. The van der Waals surface area contributed by atoms with Crippen molar-refractivity contribution in [3.05, 3.63) is 47.7 Å². The molecule has 0 aliphatic carbocycles. The normalized spacial score (nSPS) is 10.7. The Labute approximate surface area is 122 Å². The Morgan fingerprint density at radius 2 is 2.05 bits per heavy atom. The average Bonchev–Trinajstić information content (AvgIpc) is 2.85. The Morgan fingerprint density at radius 1 is 1.29 bits per heavy atom. The molecule has 104 valence electrons. The van der Waals surface area contributed by atoms with E-state index in [9.17, 15) is 0 Å². The van der Waals surface area contributed by atoms with E-state index in [4.69, 9.17) is 11.0 Å². The molecule has 0 amide bonds. The lowest BCUT2D eigenvalue weighted by molar-refractivity contribution is 0.816. The molecular weight excluding hydrogens is 262 g/mol. The van der Waals surface area contributed by atoms with Crippen molar-refractivity contribution in [1.82, 2.24) is 14.8 Å². The third-order valence-corrected chi connectivity index (χ3v) is 3.37. The first-order valence-electron chi connectivity index (χ1n) is 6.88. The first-order chi connectivity index (χ1) is 10.2. The molecule has 2 aromatic heterocycles. The second kappa shape index (κ2) is 5.25. The zero-order chi connectivity index (χ0) is 14.8. The highest BCUT2D eigenvalue weighted by molar-refractivity contribution is 5.83. The third kappa shape index (κ3) is 2.21. The summed E-state index contributed by atoms with van der Waals surface area (Å²) in [5.74, 6) is 0.241. The van der Waals surface area contributed by atoms with Gasteiger partial charge in [0, 0.05) is 5.39 Å². The second-order valence-corrected chi connectivity index (χ2v) is 4.85. The number of nitriles is 1. The first-order valence-corrected chi connectivity index (χ1v) is 6.88. The van der Waals surface area contributed by atoms with E-state index in [0.717, 1.165) is 29.6 Å². The van der Waals surface area contributed by atoms with Crippen LogP contribution in [0.2, 0.25) is 0 Å². The van der Waals surface area contributed by atoms with Crippen LogP contribution in [-0.2, 0) is 6.42 Å². The monoisotopic (exact) mass is 277 g/mol. The maximum Gasteiger partial charge on any atom is 0.165 e. The molecular formula is C16H15N5. The highest BCUT2D eigenvalue weighted by Gasteiger charge is 2.15. The summed E-state index contributed by atoms with van der Waals surface area (Å²) in [6.45, 7) is 2.10. The molecule has 1 aromatic carbocycles. The van der Waals surface area contributed by atoms with Crippen LogP contribution < -0.4 is 5.73 Å². The number of para-hydroxylation sites is 1. The number of benzene rings is 1. The van der Waals surface area contributed by atoms with Crippen molar-refractivity contribution in [1.29, 1.82) is 5.26 Å². The molecule has 0 radical (unpaired) electrons. The molecule has 0 unspecified atom stereocenters. The molecule has 21 heavy (non-hydrogen) atoms. The molecule has 5 heteroatoms. The minimum absolute atomic E-state index is 0.241. The van der Waals surface area contributed by atoms with Crippen molar-refractivity contribution in [2.24, 2.45) is 0 Å². The van der Waals surface area contributed by atoms with Crippen LogP contribution in [0.4, 0.5) is 5.82 Å². The topological polar surface area (TPSA) is 80.5 Å². The van der Waals surface area contributed by atoms with E-state index in [1.54, 1.807) is 10.7 Å². The van der Waals surface area contributed by atoms with Gasteiger partial charge in [0.05, 0.1) is 16.9 Å². The first kappa shape index (κ1) is 13.1. The molecule has 3 aromatic rings. The fraction of sp³-hybridized carbons (Fsp3) is 0.188. The molecule has 0 aliphatic heterocycles. The summed E-state index contributed by atoms with van der Waals surface area (Å²) in [6, 6.07) is 13.7. The fourth-order valence-corrected chi connectivity index (χ4v) is 2.37. The van der Waals surface area contributed by atoms with E-state index in [1.165, 1.54) is 0 Å². The summed E-state index contributed by atoms with van der Waals surface area (Å²) in [5, 5.41) is 14.7. The molecule has 0 fully saturated rings. The van der Waals surface area contributed by atoms with Crippen molar-refractivity contribution in [2.75, 3.05) is 5.73 Å². The van der Waals surface area contributed by atoms with Gasteiger partial charge in [-0.3, -0.25) is 0 Å². The number of hydrogen-bond donors (Lipinski definition) is 1. The number of nitrogens with zero attached hydrogens (tertiary/aromatic N) is 4. The Morgan fingerprint density at radius 3 is 2.71 bits per heavy atom. The Kier molecular flexibility index (Phi) is 3.28. The van der Waals surface area contributed by atoms with Gasteiger partial charge in [-0.05, 0) is 24.6 Å². The van der Waals surface area contributed by atoms with Crippen molar-refractivity contribution in [3.8, 4) is 11.8 Å². The predicted molar refractivity (Wildman–Crippen MR) is 82.0 cm³/mol. The number of fused-ring (bicyclic) bond motifs is 1. The number of nitrogen functional groups attached to an aromatic ring is 1. The van der Waals surface area contributed by atoms with E-state index in [-0.39, 0.29) is 5.82 Å². The van der Waals surface area contributed by atoms with Crippen LogP contribution in [0, 0.1) is 11.3 Å². The van der Waals surface area contributed by atoms with E-state index < -0.39 is 0 Å². The minimum Gasteiger partial charge on any atom is -0.383 e. The third-order valence-electron chi connectivity index (χ3n) is 3.37. The highest BCUT2D eigenvalue weighted by atomic mass is 15.3. The lowest BCUT2D eigenvalue weighted by Crippen LogP contribution is -2.00. The Bertz CT molecular complexity index is 827. The Balaban J connectivity index is 2.31. The zero-order valence-electron chi connectivity index (χ0n) is 11.7. The molecule has 0 atom stereocenters. The number of hydrogen-bond acceptors (Lipinski definition) is 4. The van der Waals surface area contributed by atoms with Gasteiger partial charge in [0.2, 0.25) is 0 Å². The van der Waals surface area contributed by atoms with Gasteiger partial charge in [0.1, 0.15) is 11.9 Å². The van der Waals surface area contributed by atoms with Gasteiger partial charge in [-0.15, -0.1) is 0 Å². The summed E-state index contributed by atoms with van der Waals surface area (Å²) in [6.07, 6.45) is 1.82. The van der Waals surface area contributed by atoms with E-state index in [1.807, 2.05) is 30.3 Å². The summed E-state index contributed by atoms with van der Waals surface area (Å²) < 4.78 is 1.79. The van der Waals surface area contributed by atoms with E-state index >= 15 is 0 Å². The number of pyridine rings is 1. The SMILES string of the molecule is CCCc1nn(-c2ccccc2)c2nc(N)c(C#N)cc12. The molecule has 2 heterocycles. The van der Waals surface area contributed by atoms with Crippen LogP contribution in [0.5, 0.6) is 0 Å². The van der Waals surface area contributed by atoms with Crippen molar-refractivity contribution < 1.29 is 0 Å². The van der Waals surface area contributed by atoms with Crippen LogP contribution in [-0.4, -0.2) is 14.8 Å². The number of aromatic nitrogens is 3.